The molecule has 0 saturated carbocycles. The fraction of sp³-hybridized carbons (Fsp3) is 0.353. The summed E-state index contributed by atoms with van der Waals surface area (Å²) in [7, 11) is 0. The molecule has 0 bridgehead atoms. The van der Waals surface area contributed by atoms with Gasteiger partial charge in [-0.3, -0.25) is 4.79 Å². The average molecular weight is 380 g/mol. The number of morpholine rings is 1. The zero-order valence-corrected chi connectivity index (χ0v) is 14.8. The number of carbonyl (C=O) groups excluding carboxylic acids is 1. The molecule has 0 spiro atoms. The number of hydrogen-bond acceptors (Lipinski definition) is 6. The van der Waals surface area contributed by atoms with E-state index in [-0.39, 0.29) is 16.5 Å². The molecule has 1 aliphatic heterocycles. The summed E-state index contributed by atoms with van der Waals surface area (Å²) < 4.78 is 18.4. The van der Waals surface area contributed by atoms with Gasteiger partial charge in [-0.05, 0) is 18.2 Å². The number of halogens is 2. The van der Waals surface area contributed by atoms with Crippen molar-refractivity contribution in [1.82, 2.24) is 15.5 Å². The van der Waals surface area contributed by atoms with E-state index in [0.29, 0.717) is 32.1 Å². The van der Waals surface area contributed by atoms with Gasteiger partial charge in [0.25, 0.3) is 5.91 Å². The van der Waals surface area contributed by atoms with Gasteiger partial charge in [0.2, 0.25) is 0 Å². The highest BCUT2D eigenvalue weighted by molar-refractivity contribution is 6.33. The van der Waals surface area contributed by atoms with Crippen molar-refractivity contribution in [2.45, 2.75) is 0 Å². The molecule has 2 N–H and O–H groups in total. The SMILES string of the molecule is O=C(NCCNc1cc(N2CCOCC2)cnn1)c1ccc(F)cc1Cl. The lowest BCUT2D eigenvalue weighted by molar-refractivity contribution is 0.0955. The Hall–Kier alpha value is -2.45. The summed E-state index contributed by atoms with van der Waals surface area (Å²) in [6.07, 6.45) is 1.72. The molecular weight excluding hydrogens is 361 g/mol. The van der Waals surface area contributed by atoms with Gasteiger partial charge in [-0.15, -0.1) is 5.10 Å². The second kappa shape index (κ2) is 8.77. The summed E-state index contributed by atoms with van der Waals surface area (Å²) in [5.41, 5.74) is 1.22. The Kier molecular flexibility index (Phi) is 6.19. The molecule has 0 unspecified atom stereocenters. The first-order valence-electron chi connectivity index (χ1n) is 8.26. The lowest BCUT2D eigenvalue weighted by Crippen LogP contribution is -2.36. The van der Waals surface area contributed by atoms with Crippen molar-refractivity contribution in [3.8, 4) is 0 Å². The van der Waals surface area contributed by atoms with E-state index in [0.717, 1.165) is 24.8 Å². The fourth-order valence-corrected chi connectivity index (χ4v) is 2.83. The van der Waals surface area contributed by atoms with Crippen LogP contribution in [-0.4, -0.2) is 55.5 Å². The molecule has 2 heterocycles. The Labute approximate surface area is 155 Å². The van der Waals surface area contributed by atoms with E-state index < -0.39 is 5.82 Å². The van der Waals surface area contributed by atoms with Gasteiger partial charge in [-0.2, -0.15) is 5.10 Å². The van der Waals surface area contributed by atoms with Crippen molar-refractivity contribution in [1.29, 1.82) is 0 Å². The van der Waals surface area contributed by atoms with E-state index in [9.17, 15) is 9.18 Å². The average Bonchev–Trinajstić information content (AvgIpc) is 2.66. The van der Waals surface area contributed by atoms with Crippen LogP contribution in [0.1, 0.15) is 10.4 Å². The van der Waals surface area contributed by atoms with Gasteiger partial charge in [0.05, 0.1) is 35.7 Å². The van der Waals surface area contributed by atoms with E-state index in [4.69, 9.17) is 16.3 Å². The van der Waals surface area contributed by atoms with Gasteiger partial charge in [-0.1, -0.05) is 11.6 Å². The molecule has 1 fully saturated rings. The Morgan fingerprint density at radius 2 is 2.08 bits per heavy atom. The minimum absolute atomic E-state index is 0.0829. The fourth-order valence-electron chi connectivity index (χ4n) is 2.57. The Morgan fingerprint density at radius 3 is 2.85 bits per heavy atom. The van der Waals surface area contributed by atoms with E-state index in [2.05, 4.69) is 25.7 Å². The zero-order chi connectivity index (χ0) is 18.4. The smallest absolute Gasteiger partial charge is 0.252 e. The number of hydrogen-bond donors (Lipinski definition) is 2. The van der Waals surface area contributed by atoms with Crippen LogP contribution < -0.4 is 15.5 Å². The van der Waals surface area contributed by atoms with Gasteiger partial charge >= 0.3 is 0 Å². The third-order valence-corrected chi connectivity index (χ3v) is 4.22. The van der Waals surface area contributed by atoms with Crippen LogP contribution >= 0.6 is 11.6 Å². The van der Waals surface area contributed by atoms with Crippen LogP contribution in [0.5, 0.6) is 0 Å². The first kappa shape index (κ1) is 18.3. The van der Waals surface area contributed by atoms with Crippen molar-refractivity contribution in [3.05, 3.63) is 46.9 Å². The number of carbonyl (C=O) groups is 1. The third kappa shape index (κ3) is 4.80. The second-order valence-electron chi connectivity index (χ2n) is 5.71. The highest BCUT2D eigenvalue weighted by Gasteiger charge is 2.13. The maximum atomic E-state index is 13.0. The summed E-state index contributed by atoms with van der Waals surface area (Å²) in [5, 5.41) is 14.0. The van der Waals surface area contributed by atoms with Gasteiger partial charge < -0.3 is 20.3 Å². The van der Waals surface area contributed by atoms with E-state index in [1.165, 1.54) is 12.1 Å². The maximum Gasteiger partial charge on any atom is 0.252 e. The maximum absolute atomic E-state index is 13.0. The lowest BCUT2D eigenvalue weighted by atomic mass is 10.2. The number of rotatable bonds is 6. The molecule has 1 aliphatic rings. The molecular formula is C17H19ClFN5O2. The van der Waals surface area contributed by atoms with Gasteiger partial charge in [0, 0.05) is 32.2 Å². The minimum atomic E-state index is -0.480. The Balaban J connectivity index is 1.48. The molecule has 138 valence electrons. The molecule has 1 aromatic heterocycles. The summed E-state index contributed by atoms with van der Waals surface area (Å²) in [6, 6.07) is 5.59. The lowest BCUT2D eigenvalue weighted by Gasteiger charge is -2.28. The Bertz CT molecular complexity index is 771. The van der Waals surface area contributed by atoms with Crippen molar-refractivity contribution in [2.24, 2.45) is 0 Å². The molecule has 0 radical (unpaired) electrons. The number of benzene rings is 1. The first-order valence-corrected chi connectivity index (χ1v) is 8.64. The molecule has 9 heteroatoms. The van der Waals surface area contributed by atoms with Gasteiger partial charge in [0.1, 0.15) is 5.82 Å². The molecule has 2 aromatic rings. The topological polar surface area (TPSA) is 79.4 Å². The van der Waals surface area contributed by atoms with E-state index >= 15 is 0 Å². The molecule has 1 amide bonds. The van der Waals surface area contributed by atoms with Crippen LogP contribution in [0.25, 0.3) is 0 Å². The zero-order valence-electron chi connectivity index (χ0n) is 14.0. The van der Waals surface area contributed by atoms with Gasteiger partial charge in [-0.25, -0.2) is 4.39 Å². The van der Waals surface area contributed by atoms with Crippen molar-refractivity contribution < 1.29 is 13.9 Å². The molecule has 26 heavy (non-hydrogen) atoms. The van der Waals surface area contributed by atoms with Crippen LogP contribution in [0.3, 0.4) is 0 Å². The van der Waals surface area contributed by atoms with Crippen LogP contribution in [0, 0.1) is 5.82 Å². The normalized spacial score (nSPS) is 14.2. The van der Waals surface area contributed by atoms with Gasteiger partial charge in [0.15, 0.2) is 5.82 Å². The van der Waals surface area contributed by atoms with Crippen LogP contribution in [0.15, 0.2) is 30.5 Å². The number of nitrogens with one attached hydrogen (secondary N) is 2. The van der Waals surface area contributed by atoms with Crippen molar-refractivity contribution in [2.75, 3.05) is 49.6 Å². The largest absolute Gasteiger partial charge is 0.378 e. The number of nitrogens with zero attached hydrogens (tertiary/aromatic N) is 3. The molecule has 1 aromatic carbocycles. The molecule has 0 atom stereocenters. The van der Waals surface area contributed by atoms with E-state index in [1.807, 2.05) is 6.07 Å². The quantitative estimate of drug-likeness (QED) is 0.747. The number of aromatic nitrogens is 2. The number of ether oxygens (including phenoxy) is 1. The summed E-state index contributed by atoms with van der Waals surface area (Å²) >= 11 is 5.88. The molecule has 3 rings (SSSR count). The summed E-state index contributed by atoms with van der Waals surface area (Å²) in [4.78, 5) is 14.2. The molecule has 7 nitrogen and oxygen atoms in total. The highest BCUT2D eigenvalue weighted by Crippen LogP contribution is 2.18. The summed E-state index contributed by atoms with van der Waals surface area (Å²) in [6.45, 7) is 3.85. The monoisotopic (exact) mass is 379 g/mol. The van der Waals surface area contributed by atoms with Crippen molar-refractivity contribution >= 4 is 29.0 Å². The predicted octanol–water partition coefficient (Wildman–Crippen LogP) is 1.95. The predicted molar refractivity (Wildman–Crippen MR) is 97.3 cm³/mol. The van der Waals surface area contributed by atoms with Crippen molar-refractivity contribution in [3.63, 3.8) is 0 Å². The molecule has 0 aliphatic carbocycles. The van der Waals surface area contributed by atoms with Crippen LogP contribution in [-0.2, 0) is 4.74 Å². The van der Waals surface area contributed by atoms with Crippen LogP contribution in [0.2, 0.25) is 5.02 Å². The number of anilines is 2. The van der Waals surface area contributed by atoms with E-state index in [1.54, 1.807) is 6.20 Å². The standard InChI is InChI=1S/C17H19ClFN5O2/c18-15-9-12(19)1-2-14(15)17(25)21-4-3-20-16-10-13(11-22-23-16)24-5-7-26-8-6-24/h1-2,9-11H,3-8H2,(H,20,23)(H,21,25). The highest BCUT2D eigenvalue weighted by atomic mass is 35.5. The minimum Gasteiger partial charge on any atom is -0.378 e. The summed E-state index contributed by atoms with van der Waals surface area (Å²) in [5.74, 6) is -0.208. The first-order chi connectivity index (χ1) is 12.6. The molecule has 1 saturated heterocycles. The Morgan fingerprint density at radius 1 is 1.27 bits per heavy atom. The second-order valence-corrected chi connectivity index (χ2v) is 6.11. The number of amides is 1. The third-order valence-electron chi connectivity index (χ3n) is 3.91. The van der Waals surface area contributed by atoms with Crippen LogP contribution in [0.4, 0.5) is 15.9 Å².